The number of hydrogen-bond acceptors (Lipinski definition) is 5. The average Bonchev–Trinajstić information content (AvgIpc) is 2.97. The van der Waals surface area contributed by atoms with Gasteiger partial charge < -0.3 is 15.0 Å². The molecule has 0 heterocycles. The molecular weight excluding hydrogens is 574 g/mol. The van der Waals surface area contributed by atoms with Crippen molar-refractivity contribution in [1.82, 2.24) is 10.2 Å². The summed E-state index contributed by atoms with van der Waals surface area (Å²) in [5.74, 6) is -0.200. The lowest BCUT2D eigenvalue weighted by molar-refractivity contribution is -0.140. The molecule has 0 aliphatic heterocycles. The maximum absolute atomic E-state index is 14.2. The van der Waals surface area contributed by atoms with Crippen LogP contribution in [0.5, 0.6) is 5.75 Å². The van der Waals surface area contributed by atoms with Crippen molar-refractivity contribution in [2.24, 2.45) is 0 Å². The summed E-state index contributed by atoms with van der Waals surface area (Å²) in [4.78, 5) is 29.0. The molecule has 8 nitrogen and oxygen atoms in total. The van der Waals surface area contributed by atoms with E-state index in [0.29, 0.717) is 23.7 Å². The van der Waals surface area contributed by atoms with E-state index in [0.717, 1.165) is 33.8 Å². The third kappa shape index (κ3) is 8.26. The van der Waals surface area contributed by atoms with Crippen LogP contribution in [0.4, 0.5) is 5.69 Å². The molecule has 42 heavy (non-hydrogen) atoms. The highest BCUT2D eigenvalue weighted by Crippen LogP contribution is 2.29. The summed E-state index contributed by atoms with van der Waals surface area (Å²) in [5.41, 5.74) is 2.67. The Labute approximate surface area is 254 Å². The van der Waals surface area contributed by atoms with Crippen LogP contribution in [-0.4, -0.2) is 51.4 Å². The highest BCUT2D eigenvalue weighted by Gasteiger charge is 2.33. The van der Waals surface area contributed by atoms with Gasteiger partial charge in [-0.3, -0.25) is 13.9 Å². The second-order valence-electron chi connectivity index (χ2n) is 10.2. The maximum atomic E-state index is 14.2. The van der Waals surface area contributed by atoms with Crippen molar-refractivity contribution < 1.29 is 22.7 Å². The van der Waals surface area contributed by atoms with Crippen molar-refractivity contribution >= 4 is 39.1 Å². The summed E-state index contributed by atoms with van der Waals surface area (Å²) >= 11 is 6.40. The summed E-state index contributed by atoms with van der Waals surface area (Å²) < 4.78 is 34.4. The van der Waals surface area contributed by atoms with Crippen LogP contribution in [0, 0.1) is 13.8 Å². The molecule has 3 rings (SSSR count). The summed E-state index contributed by atoms with van der Waals surface area (Å²) in [6, 6.07) is 17.7. The molecule has 0 fully saturated rings. The molecule has 0 spiro atoms. The van der Waals surface area contributed by atoms with Crippen molar-refractivity contribution in [2.45, 2.75) is 64.4 Å². The van der Waals surface area contributed by atoms with Gasteiger partial charge in [-0.1, -0.05) is 67.8 Å². The predicted octanol–water partition coefficient (Wildman–Crippen LogP) is 5.88. The number of carbonyl (C=O) groups excluding carboxylic acids is 2. The Morgan fingerprint density at radius 2 is 1.71 bits per heavy atom. The second kappa shape index (κ2) is 15.1. The third-order valence-electron chi connectivity index (χ3n) is 7.03. The lowest BCUT2D eigenvalue weighted by Gasteiger charge is -2.33. The first-order chi connectivity index (χ1) is 20.0. The number of sulfonamides is 1. The number of amides is 2. The predicted molar refractivity (Wildman–Crippen MR) is 167 cm³/mol. The highest BCUT2D eigenvalue weighted by atomic mass is 35.5. The molecule has 0 aromatic heterocycles. The van der Waals surface area contributed by atoms with Gasteiger partial charge in [0.15, 0.2) is 0 Å². The van der Waals surface area contributed by atoms with Crippen molar-refractivity contribution in [3.8, 4) is 5.75 Å². The quantitative estimate of drug-likeness (QED) is 0.229. The Balaban J connectivity index is 2.07. The monoisotopic (exact) mass is 613 g/mol. The van der Waals surface area contributed by atoms with Crippen molar-refractivity contribution in [3.63, 3.8) is 0 Å². The number of anilines is 1. The molecule has 0 bridgehead atoms. The minimum Gasteiger partial charge on any atom is -0.497 e. The van der Waals surface area contributed by atoms with Crippen molar-refractivity contribution in [1.29, 1.82) is 0 Å². The van der Waals surface area contributed by atoms with E-state index in [1.54, 1.807) is 43.5 Å². The number of benzene rings is 3. The topological polar surface area (TPSA) is 96.0 Å². The number of aryl methyl sites for hydroxylation is 2. The van der Waals surface area contributed by atoms with E-state index in [2.05, 4.69) is 5.32 Å². The molecule has 0 radical (unpaired) electrons. The minimum absolute atomic E-state index is 0.0429. The summed E-state index contributed by atoms with van der Waals surface area (Å²) in [5, 5.41) is 3.31. The van der Waals surface area contributed by atoms with Gasteiger partial charge in [0, 0.05) is 18.1 Å². The van der Waals surface area contributed by atoms with Crippen LogP contribution in [0.3, 0.4) is 0 Å². The van der Waals surface area contributed by atoms with E-state index in [1.807, 2.05) is 39.8 Å². The Morgan fingerprint density at radius 1 is 1.00 bits per heavy atom. The van der Waals surface area contributed by atoms with E-state index >= 15 is 0 Å². The molecule has 0 aliphatic rings. The van der Waals surface area contributed by atoms with Gasteiger partial charge in [0.2, 0.25) is 11.8 Å². The number of methoxy groups -OCH3 is 1. The Hall–Kier alpha value is -3.56. The fourth-order valence-corrected chi connectivity index (χ4v) is 6.08. The number of carbonyl (C=O) groups is 2. The van der Waals surface area contributed by atoms with Crippen molar-refractivity contribution in [2.75, 3.05) is 24.5 Å². The van der Waals surface area contributed by atoms with Crippen LogP contribution in [0.2, 0.25) is 5.02 Å². The Bertz CT molecular complexity index is 1480. The van der Waals surface area contributed by atoms with E-state index < -0.39 is 28.5 Å². The highest BCUT2D eigenvalue weighted by molar-refractivity contribution is 7.92. The maximum Gasteiger partial charge on any atom is 0.264 e. The number of unbranched alkanes of at least 4 members (excludes halogenated alkanes) is 1. The zero-order chi connectivity index (χ0) is 30.9. The molecule has 1 unspecified atom stereocenters. The van der Waals surface area contributed by atoms with Crippen LogP contribution < -0.4 is 14.4 Å². The smallest absolute Gasteiger partial charge is 0.264 e. The first-order valence-electron chi connectivity index (χ1n) is 14.1. The summed E-state index contributed by atoms with van der Waals surface area (Å²) in [7, 11) is -2.62. The largest absolute Gasteiger partial charge is 0.497 e. The van der Waals surface area contributed by atoms with Crippen LogP contribution in [-0.2, 0) is 26.2 Å². The number of rotatable bonds is 14. The van der Waals surface area contributed by atoms with Crippen molar-refractivity contribution in [3.05, 3.63) is 88.4 Å². The number of nitrogens with zero attached hydrogens (tertiary/aromatic N) is 2. The lowest BCUT2D eigenvalue weighted by atomic mass is 10.1. The van der Waals surface area contributed by atoms with Gasteiger partial charge in [0.1, 0.15) is 18.3 Å². The van der Waals surface area contributed by atoms with Gasteiger partial charge in [-0.25, -0.2) is 8.42 Å². The fraction of sp³-hybridized carbons (Fsp3) is 0.375. The number of hydrogen-bond donors (Lipinski definition) is 1. The molecular formula is C32H40ClN3O5S. The SMILES string of the molecule is CCCCNC(=O)C(CC)N(Cc1cccc(OC)c1)C(=O)CN(c1ccc(C)c(Cl)c1)S(=O)(=O)c1ccc(C)cc1. The van der Waals surface area contributed by atoms with Crippen LogP contribution in [0.15, 0.2) is 71.6 Å². The summed E-state index contributed by atoms with van der Waals surface area (Å²) in [6.07, 6.45) is 2.06. The van der Waals surface area contributed by atoms with Gasteiger partial charge in [0.25, 0.3) is 10.0 Å². The molecule has 1 N–H and O–H groups in total. The molecule has 0 saturated carbocycles. The Morgan fingerprint density at radius 3 is 2.33 bits per heavy atom. The van der Waals surface area contributed by atoms with Gasteiger partial charge in [-0.05, 0) is 74.2 Å². The third-order valence-corrected chi connectivity index (χ3v) is 9.23. The molecule has 0 saturated heterocycles. The number of halogens is 1. The van der Waals surface area contributed by atoms with Crippen LogP contribution >= 0.6 is 11.6 Å². The fourth-order valence-electron chi connectivity index (χ4n) is 4.50. The Kier molecular flexibility index (Phi) is 11.8. The molecule has 226 valence electrons. The molecule has 0 aliphatic carbocycles. The zero-order valence-electron chi connectivity index (χ0n) is 24.9. The van der Waals surface area contributed by atoms with Gasteiger partial charge in [-0.15, -0.1) is 0 Å². The lowest BCUT2D eigenvalue weighted by Crippen LogP contribution is -2.52. The zero-order valence-corrected chi connectivity index (χ0v) is 26.5. The molecule has 1 atom stereocenters. The van der Waals surface area contributed by atoms with E-state index in [-0.39, 0.29) is 23.0 Å². The second-order valence-corrected chi connectivity index (χ2v) is 12.5. The first kappa shape index (κ1) is 32.9. The number of ether oxygens (including phenoxy) is 1. The molecule has 2 amide bonds. The molecule has 10 heteroatoms. The molecule has 3 aromatic carbocycles. The van der Waals surface area contributed by atoms with E-state index in [9.17, 15) is 18.0 Å². The number of nitrogens with one attached hydrogen (secondary N) is 1. The minimum atomic E-state index is -4.18. The van der Waals surface area contributed by atoms with Crippen LogP contribution in [0.25, 0.3) is 0 Å². The van der Waals surface area contributed by atoms with E-state index in [4.69, 9.17) is 16.3 Å². The van der Waals surface area contributed by atoms with Gasteiger partial charge >= 0.3 is 0 Å². The average molecular weight is 614 g/mol. The van der Waals surface area contributed by atoms with E-state index in [1.165, 1.54) is 23.1 Å². The first-order valence-corrected chi connectivity index (χ1v) is 15.9. The summed E-state index contributed by atoms with van der Waals surface area (Å²) in [6.45, 7) is 7.59. The van der Waals surface area contributed by atoms with Crippen LogP contribution in [0.1, 0.15) is 49.8 Å². The van der Waals surface area contributed by atoms with Gasteiger partial charge in [0.05, 0.1) is 17.7 Å². The standard InChI is InChI=1S/C32H40ClN3O5S/c1-6-8-18-34-32(38)30(7-2)35(21-25-10-9-11-27(19-25)41-5)31(37)22-36(26-15-14-24(4)29(33)20-26)42(39,40)28-16-12-23(3)13-17-28/h9-17,19-20,30H,6-8,18,21-22H2,1-5H3,(H,34,38). The van der Waals surface area contributed by atoms with Gasteiger partial charge in [-0.2, -0.15) is 0 Å². The normalized spacial score (nSPS) is 12.0. The molecule has 3 aromatic rings.